The Morgan fingerprint density at radius 3 is 2.83 bits per heavy atom. The summed E-state index contributed by atoms with van der Waals surface area (Å²) in [5.74, 6) is 1.72. The van der Waals surface area contributed by atoms with Crippen LogP contribution < -0.4 is 5.73 Å². The number of hydrogen-bond donors (Lipinski definition) is 1. The highest BCUT2D eigenvalue weighted by molar-refractivity contribution is 9.10. The Bertz CT molecular complexity index is 860. The van der Waals surface area contributed by atoms with Gasteiger partial charge in [0.2, 0.25) is 0 Å². The van der Waals surface area contributed by atoms with Gasteiger partial charge in [-0.1, -0.05) is 0 Å². The van der Waals surface area contributed by atoms with E-state index in [4.69, 9.17) is 15.1 Å². The van der Waals surface area contributed by atoms with Gasteiger partial charge in [-0.25, -0.2) is 9.97 Å². The van der Waals surface area contributed by atoms with Crippen molar-refractivity contribution in [2.75, 3.05) is 12.3 Å². The van der Waals surface area contributed by atoms with Crippen molar-refractivity contribution in [2.24, 2.45) is 0 Å². The van der Waals surface area contributed by atoms with Gasteiger partial charge in [-0.05, 0) is 46.3 Å². The first-order chi connectivity index (χ1) is 11.7. The van der Waals surface area contributed by atoms with Gasteiger partial charge in [0, 0.05) is 42.5 Å². The quantitative estimate of drug-likeness (QED) is 0.698. The van der Waals surface area contributed by atoms with Crippen LogP contribution in [-0.2, 0) is 19.5 Å². The van der Waals surface area contributed by atoms with Crippen LogP contribution in [0.25, 0.3) is 11.4 Å². The van der Waals surface area contributed by atoms with Crippen molar-refractivity contribution in [3.8, 4) is 11.4 Å². The maximum Gasteiger partial charge on any atom is 0.159 e. The Labute approximate surface area is 148 Å². The van der Waals surface area contributed by atoms with E-state index < -0.39 is 0 Å². The lowest BCUT2D eigenvalue weighted by molar-refractivity contribution is 0.223. The molecule has 6 heteroatoms. The van der Waals surface area contributed by atoms with Crippen LogP contribution in [0.1, 0.15) is 17.0 Å². The Morgan fingerprint density at radius 1 is 1.25 bits per heavy atom. The fraction of sp³-hybridized carbons (Fsp3) is 0.222. The zero-order chi connectivity index (χ0) is 16.5. The third-order valence-corrected chi connectivity index (χ3v) is 4.60. The number of aromatic nitrogens is 2. The molecule has 0 saturated heterocycles. The molecule has 3 heterocycles. The highest BCUT2D eigenvalue weighted by Crippen LogP contribution is 2.23. The molecule has 0 spiro atoms. The predicted molar refractivity (Wildman–Crippen MR) is 96.1 cm³/mol. The molecule has 5 nitrogen and oxygen atoms in total. The number of nitrogens with zero attached hydrogens (tertiary/aromatic N) is 3. The molecule has 1 aliphatic heterocycles. The molecule has 0 unspecified atom stereocenters. The van der Waals surface area contributed by atoms with E-state index in [2.05, 4.69) is 25.8 Å². The first-order valence-corrected chi connectivity index (χ1v) is 8.62. The lowest BCUT2D eigenvalue weighted by Crippen LogP contribution is -2.30. The van der Waals surface area contributed by atoms with Crippen molar-refractivity contribution in [3.63, 3.8) is 0 Å². The van der Waals surface area contributed by atoms with Gasteiger partial charge in [-0.15, -0.1) is 0 Å². The van der Waals surface area contributed by atoms with Crippen LogP contribution in [0.4, 0.5) is 5.69 Å². The zero-order valence-corrected chi connectivity index (χ0v) is 14.7. The molecule has 1 aromatic carbocycles. The number of nitrogen functional groups attached to an aromatic ring is 1. The minimum absolute atomic E-state index is 0.747. The Balaban J connectivity index is 1.52. The minimum atomic E-state index is 0.747. The minimum Gasteiger partial charge on any atom is -0.467 e. The summed E-state index contributed by atoms with van der Waals surface area (Å²) in [6.07, 6.45) is 4.58. The third kappa shape index (κ3) is 3.20. The van der Waals surface area contributed by atoms with Crippen LogP contribution in [-0.4, -0.2) is 21.4 Å². The molecule has 24 heavy (non-hydrogen) atoms. The molecule has 0 bridgehead atoms. The standard InChI is InChI=1S/C18H17BrN4O/c19-14-7-16(24-11-14)10-23-6-5-17-13(9-23)8-21-18(22-17)12-1-3-15(20)4-2-12/h1-4,7-8,11H,5-6,9-10,20H2. The van der Waals surface area contributed by atoms with E-state index in [1.807, 2.05) is 36.5 Å². The van der Waals surface area contributed by atoms with Gasteiger partial charge in [0.15, 0.2) is 5.82 Å². The summed E-state index contributed by atoms with van der Waals surface area (Å²) in [5.41, 5.74) is 9.80. The van der Waals surface area contributed by atoms with E-state index in [0.29, 0.717) is 0 Å². The molecule has 0 fully saturated rings. The molecular weight excluding hydrogens is 368 g/mol. The maximum atomic E-state index is 5.74. The molecule has 122 valence electrons. The number of fused-ring (bicyclic) bond motifs is 1. The largest absolute Gasteiger partial charge is 0.467 e. The van der Waals surface area contributed by atoms with E-state index >= 15 is 0 Å². The number of nitrogens with two attached hydrogens (primary N) is 1. The lowest BCUT2D eigenvalue weighted by atomic mass is 10.1. The van der Waals surface area contributed by atoms with Crippen molar-refractivity contribution in [1.82, 2.24) is 14.9 Å². The summed E-state index contributed by atoms with van der Waals surface area (Å²) < 4.78 is 6.49. The molecule has 0 saturated carbocycles. The average Bonchev–Trinajstić information content (AvgIpc) is 3.00. The van der Waals surface area contributed by atoms with Crippen LogP contribution in [0.5, 0.6) is 0 Å². The smallest absolute Gasteiger partial charge is 0.159 e. The second-order valence-electron chi connectivity index (χ2n) is 5.98. The van der Waals surface area contributed by atoms with Crippen molar-refractivity contribution in [3.05, 3.63) is 64.3 Å². The van der Waals surface area contributed by atoms with Crippen molar-refractivity contribution in [1.29, 1.82) is 0 Å². The van der Waals surface area contributed by atoms with E-state index in [-0.39, 0.29) is 0 Å². The SMILES string of the molecule is Nc1ccc(-c2ncc3c(n2)CCN(Cc2cc(Br)co2)C3)cc1. The van der Waals surface area contributed by atoms with Gasteiger partial charge >= 0.3 is 0 Å². The molecule has 0 atom stereocenters. The van der Waals surface area contributed by atoms with E-state index in [1.54, 1.807) is 6.26 Å². The molecule has 4 rings (SSSR count). The fourth-order valence-electron chi connectivity index (χ4n) is 2.94. The summed E-state index contributed by atoms with van der Waals surface area (Å²) in [4.78, 5) is 11.6. The second kappa shape index (κ2) is 6.37. The van der Waals surface area contributed by atoms with Gasteiger partial charge in [0.1, 0.15) is 12.0 Å². The summed E-state index contributed by atoms with van der Waals surface area (Å²) in [6, 6.07) is 9.68. The van der Waals surface area contributed by atoms with Gasteiger partial charge in [0.25, 0.3) is 0 Å². The van der Waals surface area contributed by atoms with Crippen LogP contribution >= 0.6 is 15.9 Å². The highest BCUT2D eigenvalue weighted by Gasteiger charge is 2.19. The Hall–Kier alpha value is -2.18. The number of furan rings is 1. The van der Waals surface area contributed by atoms with Crippen LogP contribution in [0, 0.1) is 0 Å². The van der Waals surface area contributed by atoms with Crippen molar-refractivity contribution < 1.29 is 4.42 Å². The molecule has 0 aliphatic carbocycles. The molecule has 2 N–H and O–H groups in total. The Morgan fingerprint density at radius 2 is 2.08 bits per heavy atom. The maximum absolute atomic E-state index is 5.74. The Kier molecular flexibility index (Phi) is 4.08. The first-order valence-electron chi connectivity index (χ1n) is 7.83. The summed E-state index contributed by atoms with van der Waals surface area (Å²) in [6.45, 7) is 2.60. The average molecular weight is 385 g/mol. The van der Waals surface area contributed by atoms with Crippen LogP contribution in [0.15, 0.2) is 51.7 Å². The third-order valence-electron chi connectivity index (χ3n) is 4.18. The molecule has 1 aliphatic rings. The zero-order valence-electron chi connectivity index (χ0n) is 13.1. The fourth-order valence-corrected chi connectivity index (χ4v) is 3.29. The second-order valence-corrected chi connectivity index (χ2v) is 6.90. The predicted octanol–water partition coefficient (Wildman–Crippen LogP) is 3.64. The van der Waals surface area contributed by atoms with Gasteiger partial charge < -0.3 is 10.2 Å². The van der Waals surface area contributed by atoms with Crippen molar-refractivity contribution >= 4 is 21.6 Å². The number of halogens is 1. The normalized spacial score (nSPS) is 14.5. The summed E-state index contributed by atoms with van der Waals surface area (Å²) >= 11 is 3.42. The lowest BCUT2D eigenvalue weighted by Gasteiger charge is -2.27. The van der Waals surface area contributed by atoms with Crippen molar-refractivity contribution in [2.45, 2.75) is 19.5 Å². The van der Waals surface area contributed by atoms with E-state index in [1.165, 1.54) is 5.56 Å². The highest BCUT2D eigenvalue weighted by atomic mass is 79.9. The van der Waals surface area contributed by atoms with Gasteiger partial charge in [-0.2, -0.15) is 0 Å². The topological polar surface area (TPSA) is 68.2 Å². The van der Waals surface area contributed by atoms with Crippen LogP contribution in [0.3, 0.4) is 0 Å². The number of benzene rings is 1. The molecule has 0 amide bonds. The first kappa shape index (κ1) is 15.4. The van der Waals surface area contributed by atoms with Gasteiger partial charge in [0.05, 0.1) is 16.7 Å². The molecular formula is C18H17BrN4O. The van der Waals surface area contributed by atoms with Gasteiger partial charge in [-0.3, -0.25) is 4.90 Å². The monoisotopic (exact) mass is 384 g/mol. The van der Waals surface area contributed by atoms with Crippen LogP contribution in [0.2, 0.25) is 0 Å². The van der Waals surface area contributed by atoms with E-state index in [0.717, 1.165) is 59.1 Å². The number of rotatable bonds is 3. The number of anilines is 1. The molecule has 2 aromatic heterocycles. The number of hydrogen-bond acceptors (Lipinski definition) is 5. The molecule has 3 aromatic rings. The summed E-state index contributed by atoms with van der Waals surface area (Å²) in [5, 5.41) is 0. The summed E-state index contributed by atoms with van der Waals surface area (Å²) in [7, 11) is 0. The molecule has 0 radical (unpaired) electrons. The van der Waals surface area contributed by atoms with E-state index in [9.17, 15) is 0 Å².